The largest absolute Gasteiger partial charge is 0.481 e. The number of carbonyl (C=O) groups excluding carboxylic acids is 1. The predicted octanol–water partition coefficient (Wildman–Crippen LogP) is 0.215. The third-order valence-corrected chi connectivity index (χ3v) is 3.26. The van der Waals surface area contributed by atoms with Crippen molar-refractivity contribution < 1.29 is 19.4 Å². The summed E-state index contributed by atoms with van der Waals surface area (Å²) in [6.07, 6.45) is 1.48. The van der Waals surface area contributed by atoms with Gasteiger partial charge in [0.05, 0.1) is 13.2 Å². The van der Waals surface area contributed by atoms with Crippen molar-refractivity contribution in [3.05, 3.63) is 0 Å². The van der Waals surface area contributed by atoms with Gasteiger partial charge in [0, 0.05) is 39.6 Å². The third kappa shape index (κ3) is 7.30. The third-order valence-electron chi connectivity index (χ3n) is 3.26. The molecular weight excluding hydrogens is 262 g/mol. The van der Waals surface area contributed by atoms with Crippen LogP contribution in [0.2, 0.25) is 0 Å². The predicted molar refractivity (Wildman–Crippen MR) is 74.8 cm³/mol. The van der Waals surface area contributed by atoms with Crippen LogP contribution in [-0.4, -0.2) is 79.9 Å². The van der Waals surface area contributed by atoms with Gasteiger partial charge in [0.2, 0.25) is 0 Å². The summed E-state index contributed by atoms with van der Waals surface area (Å²) in [5.41, 5.74) is 0. The van der Waals surface area contributed by atoms with Crippen LogP contribution in [-0.2, 0) is 9.53 Å². The molecule has 1 heterocycles. The molecule has 0 radical (unpaired) electrons. The molecule has 0 saturated carbocycles. The quantitative estimate of drug-likeness (QED) is 0.624. The summed E-state index contributed by atoms with van der Waals surface area (Å²) in [5.74, 6) is -0.829. The number of rotatable bonds is 8. The first-order valence-corrected chi connectivity index (χ1v) is 7.10. The maximum Gasteiger partial charge on any atom is 0.317 e. The lowest BCUT2D eigenvalue weighted by Gasteiger charge is -2.26. The Morgan fingerprint density at radius 2 is 2.00 bits per heavy atom. The average molecular weight is 287 g/mol. The normalized spacial score (nSPS) is 15.8. The number of nitrogens with zero attached hydrogens (tertiary/aromatic N) is 2. The Morgan fingerprint density at radius 1 is 1.30 bits per heavy atom. The number of ether oxygens (including phenoxy) is 1. The molecule has 0 atom stereocenters. The lowest BCUT2D eigenvalue weighted by Crippen LogP contribution is -2.40. The van der Waals surface area contributed by atoms with E-state index < -0.39 is 5.97 Å². The number of nitrogens with one attached hydrogen (secondary N) is 1. The number of carboxylic acids is 1. The van der Waals surface area contributed by atoms with Gasteiger partial charge >= 0.3 is 12.0 Å². The molecule has 0 aliphatic carbocycles. The van der Waals surface area contributed by atoms with Gasteiger partial charge in [-0.2, -0.15) is 0 Å². The monoisotopic (exact) mass is 287 g/mol. The molecule has 1 rings (SSSR count). The highest BCUT2D eigenvalue weighted by Crippen LogP contribution is 1.98. The van der Waals surface area contributed by atoms with Gasteiger partial charge < -0.3 is 20.1 Å². The van der Waals surface area contributed by atoms with E-state index >= 15 is 0 Å². The zero-order valence-corrected chi connectivity index (χ0v) is 12.1. The lowest BCUT2D eigenvalue weighted by molar-refractivity contribution is -0.137. The van der Waals surface area contributed by atoms with Gasteiger partial charge in [0.1, 0.15) is 0 Å². The van der Waals surface area contributed by atoms with E-state index in [1.807, 2.05) is 0 Å². The molecule has 0 spiro atoms. The molecule has 20 heavy (non-hydrogen) atoms. The zero-order valence-electron chi connectivity index (χ0n) is 12.1. The van der Waals surface area contributed by atoms with Crippen molar-refractivity contribution in [2.24, 2.45) is 0 Å². The number of carbonyl (C=O) groups is 2. The second-order valence-electron chi connectivity index (χ2n) is 4.96. The van der Waals surface area contributed by atoms with E-state index in [4.69, 9.17) is 9.84 Å². The summed E-state index contributed by atoms with van der Waals surface area (Å²) >= 11 is 0. The highest BCUT2D eigenvalue weighted by atomic mass is 16.5. The van der Waals surface area contributed by atoms with Crippen LogP contribution >= 0.6 is 0 Å². The van der Waals surface area contributed by atoms with Crippen LogP contribution in [0, 0.1) is 0 Å². The molecule has 7 nitrogen and oxygen atoms in total. The molecule has 1 fully saturated rings. The molecule has 1 aliphatic rings. The van der Waals surface area contributed by atoms with Gasteiger partial charge in [-0.05, 0) is 19.4 Å². The maximum absolute atomic E-state index is 11.7. The van der Waals surface area contributed by atoms with Gasteiger partial charge in [0.25, 0.3) is 0 Å². The maximum atomic E-state index is 11.7. The summed E-state index contributed by atoms with van der Waals surface area (Å²) in [7, 11) is 1.68. The van der Waals surface area contributed by atoms with E-state index in [0.29, 0.717) is 19.5 Å². The minimum absolute atomic E-state index is 0.0919. The Morgan fingerprint density at radius 3 is 2.65 bits per heavy atom. The topological polar surface area (TPSA) is 82.1 Å². The van der Waals surface area contributed by atoms with Crippen LogP contribution in [0.1, 0.15) is 19.3 Å². The molecule has 0 aromatic heterocycles. The van der Waals surface area contributed by atoms with E-state index in [0.717, 1.165) is 39.3 Å². The standard InChI is InChI=1S/C13H25N3O4/c1-15(6-2-4-12(17)18)13(19)14-5-3-7-16-8-10-20-11-9-16/h2-11H2,1H3,(H,14,19)(H,17,18). The van der Waals surface area contributed by atoms with E-state index in [1.165, 1.54) is 4.90 Å². The van der Waals surface area contributed by atoms with Gasteiger partial charge in [-0.3, -0.25) is 9.69 Å². The van der Waals surface area contributed by atoms with Gasteiger partial charge in [-0.25, -0.2) is 4.79 Å². The van der Waals surface area contributed by atoms with Gasteiger partial charge in [-0.1, -0.05) is 0 Å². The first-order valence-electron chi connectivity index (χ1n) is 7.10. The van der Waals surface area contributed by atoms with Crippen LogP contribution in [0.25, 0.3) is 0 Å². The van der Waals surface area contributed by atoms with Crippen molar-refractivity contribution in [1.82, 2.24) is 15.1 Å². The van der Waals surface area contributed by atoms with Crippen molar-refractivity contribution in [1.29, 1.82) is 0 Å². The van der Waals surface area contributed by atoms with Gasteiger partial charge in [0.15, 0.2) is 0 Å². The minimum Gasteiger partial charge on any atom is -0.481 e. The average Bonchev–Trinajstić information content (AvgIpc) is 2.44. The summed E-state index contributed by atoms with van der Waals surface area (Å²) in [6.45, 7) is 5.57. The van der Waals surface area contributed by atoms with Gasteiger partial charge in [-0.15, -0.1) is 0 Å². The molecule has 1 saturated heterocycles. The number of hydrogen-bond acceptors (Lipinski definition) is 4. The first kappa shape index (κ1) is 16.7. The number of urea groups is 1. The van der Waals surface area contributed by atoms with Crippen molar-refractivity contribution in [3.8, 4) is 0 Å². The number of hydrogen-bond donors (Lipinski definition) is 2. The summed E-state index contributed by atoms with van der Waals surface area (Å²) in [5, 5.41) is 11.4. The minimum atomic E-state index is -0.829. The molecule has 0 unspecified atom stereocenters. The zero-order chi connectivity index (χ0) is 14.8. The Kier molecular flexibility index (Phi) is 7.98. The molecule has 0 aromatic carbocycles. The van der Waals surface area contributed by atoms with E-state index in [9.17, 15) is 9.59 Å². The highest BCUT2D eigenvalue weighted by Gasteiger charge is 2.11. The van der Waals surface area contributed by atoms with Crippen LogP contribution < -0.4 is 5.32 Å². The van der Waals surface area contributed by atoms with Crippen LogP contribution in [0.4, 0.5) is 4.79 Å². The molecule has 0 bridgehead atoms. The fourth-order valence-electron chi connectivity index (χ4n) is 2.03. The molecule has 0 aromatic rings. The smallest absolute Gasteiger partial charge is 0.317 e. The van der Waals surface area contributed by atoms with E-state index in [2.05, 4.69) is 10.2 Å². The summed E-state index contributed by atoms with van der Waals surface area (Å²) < 4.78 is 5.27. The fourth-order valence-corrected chi connectivity index (χ4v) is 2.03. The molecule has 2 N–H and O–H groups in total. The van der Waals surface area contributed by atoms with Crippen molar-refractivity contribution >= 4 is 12.0 Å². The second kappa shape index (κ2) is 9.55. The van der Waals surface area contributed by atoms with Crippen molar-refractivity contribution in [2.75, 3.05) is 53.0 Å². The van der Waals surface area contributed by atoms with Crippen LogP contribution in [0.15, 0.2) is 0 Å². The van der Waals surface area contributed by atoms with Crippen LogP contribution in [0.5, 0.6) is 0 Å². The van der Waals surface area contributed by atoms with E-state index in [-0.39, 0.29) is 12.5 Å². The Labute approximate surface area is 119 Å². The summed E-state index contributed by atoms with van der Waals surface area (Å²) in [4.78, 5) is 25.9. The molecule has 1 aliphatic heterocycles. The van der Waals surface area contributed by atoms with Crippen molar-refractivity contribution in [2.45, 2.75) is 19.3 Å². The highest BCUT2D eigenvalue weighted by molar-refractivity contribution is 5.73. The number of carboxylic acid groups (broad SMARTS) is 1. The number of amides is 2. The first-order chi connectivity index (χ1) is 9.59. The molecular formula is C13H25N3O4. The Hall–Kier alpha value is -1.34. The fraction of sp³-hybridized carbons (Fsp3) is 0.846. The SMILES string of the molecule is CN(CCCC(=O)O)C(=O)NCCCN1CCOCC1. The van der Waals surface area contributed by atoms with Crippen LogP contribution in [0.3, 0.4) is 0 Å². The molecule has 2 amide bonds. The summed E-state index contributed by atoms with van der Waals surface area (Å²) in [6, 6.07) is -0.141. The van der Waals surface area contributed by atoms with Crippen molar-refractivity contribution in [3.63, 3.8) is 0 Å². The Bertz CT molecular complexity index is 306. The Balaban J connectivity index is 2.02. The molecule has 116 valence electrons. The lowest BCUT2D eigenvalue weighted by atomic mass is 10.3. The number of aliphatic carboxylic acids is 1. The van der Waals surface area contributed by atoms with E-state index in [1.54, 1.807) is 7.05 Å². The second-order valence-corrected chi connectivity index (χ2v) is 4.96. The number of morpholine rings is 1. The molecule has 7 heteroatoms.